The second-order valence-electron chi connectivity index (χ2n) is 4.87. The van der Waals surface area contributed by atoms with E-state index in [9.17, 15) is 13.2 Å². The molecular formula is C13H9BrCl2N4O3S. The Balaban J connectivity index is 1.85. The Labute approximate surface area is 155 Å². The molecule has 3 N–H and O–H groups in total. The first kappa shape index (κ1) is 17.3. The number of nitrogens with zero attached hydrogens (tertiary/aromatic N) is 1. The lowest BCUT2D eigenvalue weighted by atomic mass is 10.2. The zero-order valence-electron chi connectivity index (χ0n) is 11.7. The minimum absolute atomic E-state index is 0.0797. The third-order valence-electron chi connectivity index (χ3n) is 3.10. The maximum absolute atomic E-state index is 12.2. The number of pyridine rings is 1. The fourth-order valence-corrected chi connectivity index (χ4v) is 4.19. The van der Waals surface area contributed by atoms with Crippen molar-refractivity contribution in [3.8, 4) is 0 Å². The number of amides is 2. The number of hydrogen-bond acceptors (Lipinski definition) is 4. The molecule has 7 nitrogen and oxygen atoms in total. The van der Waals surface area contributed by atoms with Gasteiger partial charge in [0.15, 0.2) is 5.82 Å². The molecule has 0 atom stereocenters. The molecule has 2 amide bonds. The van der Waals surface area contributed by atoms with E-state index in [1.54, 1.807) is 24.3 Å². The van der Waals surface area contributed by atoms with Crippen molar-refractivity contribution in [1.29, 1.82) is 0 Å². The van der Waals surface area contributed by atoms with Gasteiger partial charge in [0.1, 0.15) is 4.60 Å². The molecule has 1 aliphatic heterocycles. The number of anilines is 3. The van der Waals surface area contributed by atoms with Gasteiger partial charge in [-0.15, -0.1) is 0 Å². The largest absolute Gasteiger partial charge is 0.324 e. The lowest BCUT2D eigenvalue weighted by Gasteiger charge is -2.12. The van der Waals surface area contributed by atoms with Gasteiger partial charge in [-0.1, -0.05) is 29.3 Å². The Morgan fingerprint density at radius 2 is 2.04 bits per heavy atom. The van der Waals surface area contributed by atoms with E-state index in [4.69, 9.17) is 23.2 Å². The summed E-state index contributed by atoms with van der Waals surface area (Å²) in [7, 11) is -3.47. The molecule has 126 valence electrons. The molecule has 0 saturated heterocycles. The SMILES string of the molecule is O=C(Nc1cccc(Cl)c1Cl)Nc1nc(Br)cc2c1NS(=O)(=O)C2. The summed E-state index contributed by atoms with van der Waals surface area (Å²) in [5.41, 5.74) is 1.06. The van der Waals surface area contributed by atoms with Crippen molar-refractivity contribution < 1.29 is 13.2 Å². The van der Waals surface area contributed by atoms with Crippen LogP contribution in [0.5, 0.6) is 0 Å². The average molecular weight is 452 g/mol. The molecule has 0 spiro atoms. The molecule has 11 heteroatoms. The van der Waals surface area contributed by atoms with Crippen LogP contribution in [0.2, 0.25) is 10.0 Å². The standard InChI is InChI=1S/C13H9BrCl2N4O3S/c14-9-4-6-5-24(22,23)20-11(6)12(18-9)19-13(21)17-8-3-1-2-7(15)10(8)16/h1-4,20H,5H2,(H2,17,18,19,21). The number of carbonyl (C=O) groups excluding carboxylic acids is 1. The minimum atomic E-state index is -3.47. The zero-order valence-corrected chi connectivity index (χ0v) is 15.6. The predicted octanol–water partition coefficient (Wildman–Crippen LogP) is 4.05. The van der Waals surface area contributed by atoms with Gasteiger partial charge in [0.05, 0.1) is 27.2 Å². The van der Waals surface area contributed by atoms with Gasteiger partial charge in [-0.3, -0.25) is 10.0 Å². The summed E-state index contributed by atoms with van der Waals surface area (Å²) in [5.74, 6) is -0.101. The van der Waals surface area contributed by atoms with E-state index in [1.807, 2.05) is 0 Å². The van der Waals surface area contributed by atoms with Crippen LogP contribution in [0.4, 0.5) is 22.0 Å². The number of benzene rings is 1. The van der Waals surface area contributed by atoms with E-state index < -0.39 is 16.1 Å². The molecule has 0 unspecified atom stereocenters. The summed E-state index contributed by atoms with van der Waals surface area (Å²) in [4.78, 5) is 16.3. The summed E-state index contributed by atoms with van der Waals surface area (Å²) in [6, 6.07) is 5.73. The summed E-state index contributed by atoms with van der Waals surface area (Å²) >= 11 is 15.1. The van der Waals surface area contributed by atoms with Gasteiger partial charge in [-0.2, -0.15) is 0 Å². The summed E-state index contributed by atoms with van der Waals surface area (Å²) in [5, 5.41) is 5.52. The second-order valence-corrected chi connectivity index (χ2v) is 8.19. The molecule has 1 aromatic carbocycles. The smallest absolute Gasteiger partial charge is 0.306 e. The van der Waals surface area contributed by atoms with Gasteiger partial charge in [0.2, 0.25) is 10.0 Å². The highest BCUT2D eigenvalue weighted by Gasteiger charge is 2.28. The summed E-state index contributed by atoms with van der Waals surface area (Å²) in [6.45, 7) is 0. The molecule has 1 aromatic heterocycles. The first-order valence-corrected chi connectivity index (χ1v) is 9.67. The predicted molar refractivity (Wildman–Crippen MR) is 97.3 cm³/mol. The third-order valence-corrected chi connectivity index (χ3v) is 5.54. The molecule has 1 aliphatic rings. The van der Waals surface area contributed by atoms with Crippen molar-refractivity contribution in [2.24, 2.45) is 0 Å². The maximum atomic E-state index is 12.2. The van der Waals surface area contributed by atoms with E-state index in [2.05, 4.69) is 36.3 Å². The van der Waals surface area contributed by atoms with Gasteiger partial charge >= 0.3 is 6.03 Å². The number of urea groups is 1. The topological polar surface area (TPSA) is 100 Å². The van der Waals surface area contributed by atoms with Crippen molar-refractivity contribution in [3.05, 3.63) is 44.5 Å². The normalized spacial score (nSPS) is 14.6. The maximum Gasteiger partial charge on any atom is 0.324 e. The first-order valence-electron chi connectivity index (χ1n) is 6.47. The molecule has 2 aromatic rings. The van der Waals surface area contributed by atoms with Gasteiger partial charge < -0.3 is 5.32 Å². The number of rotatable bonds is 2. The van der Waals surface area contributed by atoms with Crippen LogP contribution >= 0.6 is 39.1 Å². The molecule has 24 heavy (non-hydrogen) atoms. The van der Waals surface area contributed by atoms with Gasteiger partial charge in [0.25, 0.3) is 0 Å². The Kier molecular flexibility index (Phi) is 4.60. The van der Waals surface area contributed by atoms with Crippen molar-refractivity contribution in [1.82, 2.24) is 4.98 Å². The fourth-order valence-electron chi connectivity index (χ4n) is 2.14. The molecular weight excluding hydrogens is 443 g/mol. The van der Waals surface area contributed by atoms with Crippen molar-refractivity contribution in [3.63, 3.8) is 0 Å². The second kappa shape index (κ2) is 6.40. The number of fused-ring (bicyclic) bond motifs is 1. The third kappa shape index (κ3) is 3.59. The first-order chi connectivity index (χ1) is 11.2. The highest BCUT2D eigenvalue weighted by atomic mass is 79.9. The van der Waals surface area contributed by atoms with E-state index in [0.717, 1.165) is 0 Å². The minimum Gasteiger partial charge on any atom is -0.306 e. The average Bonchev–Trinajstić information content (AvgIpc) is 2.78. The molecule has 0 aliphatic carbocycles. The Hall–Kier alpha value is -1.55. The van der Waals surface area contributed by atoms with Gasteiger partial charge in [-0.25, -0.2) is 18.2 Å². The van der Waals surface area contributed by atoms with E-state index >= 15 is 0 Å². The van der Waals surface area contributed by atoms with Crippen molar-refractivity contribution in [2.75, 3.05) is 15.4 Å². The van der Waals surface area contributed by atoms with Crippen molar-refractivity contribution >= 4 is 72.4 Å². The van der Waals surface area contributed by atoms with Crippen LogP contribution in [0.15, 0.2) is 28.9 Å². The Morgan fingerprint density at radius 3 is 2.79 bits per heavy atom. The van der Waals surface area contributed by atoms with Crippen LogP contribution in [-0.4, -0.2) is 19.4 Å². The quantitative estimate of drug-likeness (QED) is 0.599. The number of aromatic nitrogens is 1. The van der Waals surface area contributed by atoms with Crippen LogP contribution in [0.3, 0.4) is 0 Å². The Morgan fingerprint density at radius 1 is 1.29 bits per heavy atom. The molecule has 0 fully saturated rings. The van der Waals surface area contributed by atoms with Crippen LogP contribution in [0.1, 0.15) is 5.56 Å². The van der Waals surface area contributed by atoms with Crippen LogP contribution in [-0.2, 0) is 15.8 Å². The molecule has 0 bridgehead atoms. The fraction of sp³-hybridized carbons (Fsp3) is 0.0769. The lowest BCUT2D eigenvalue weighted by molar-refractivity contribution is 0.262. The molecule has 0 radical (unpaired) electrons. The molecule has 0 saturated carbocycles. The van der Waals surface area contributed by atoms with Crippen LogP contribution in [0, 0.1) is 0 Å². The molecule has 2 heterocycles. The van der Waals surface area contributed by atoms with Crippen LogP contribution < -0.4 is 15.4 Å². The number of carbonyl (C=O) groups is 1. The number of nitrogens with one attached hydrogen (secondary N) is 3. The van der Waals surface area contributed by atoms with Gasteiger partial charge in [-0.05, 0) is 39.7 Å². The number of sulfonamides is 1. The monoisotopic (exact) mass is 450 g/mol. The highest BCUT2D eigenvalue weighted by Crippen LogP contribution is 2.35. The number of hydrogen-bond donors (Lipinski definition) is 3. The number of halogens is 3. The lowest BCUT2D eigenvalue weighted by Crippen LogP contribution is -2.21. The van der Waals surface area contributed by atoms with Crippen LogP contribution in [0.25, 0.3) is 0 Å². The molecule has 3 rings (SSSR count). The van der Waals surface area contributed by atoms with E-state index in [1.165, 1.54) is 0 Å². The van der Waals surface area contributed by atoms with Crippen molar-refractivity contribution in [2.45, 2.75) is 5.75 Å². The summed E-state index contributed by atoms with van der Waals surface area (Å²) < 4.78 is 26.1. The Bertz CT molecular complexity index is 952. The summed E-state index contributed by atoms with van der Waals surface area (Å²) in [6.07, 6.45) is 0. The van der Waals surface area contributed by atoms with E-state index in [-0.39, 0.29) is 22.3 Å². The van der Waals surface area contributed by atoms with Gasteiger partial charge in [0, 0.05) is 0 Å². The zero-order chi connectivity index (χ0) is 17.5. The highest BCUT2D eigenvalue weighted by molar-refractivity contribution is 9.10. The van der Waals surface area contributed by atoms with E-state index in [0.29, 0.717) is 20.9 Å².